The number of ketones is 1. The van der Waals surface area contributed by atoms with Crippen molar-refractivity contribution in [3.63, 3.8) is 0 Å². The van der Waals surface area contributed by atoms with E-state index in [1.807, 2.05) is 0 Å². The molecule has 5 aliphatic rings. The highest BCUT2D eigenvalue weighted by atomic mass is 16.1. The predicted molar refractivity (Wildman–Crippen MR) is 126 cm³/mol. The third-order valence-corrected chi connectivity index (χ3v) is 13.0. The van der Waals surface area contributed by atoms with E-state index in [0.29, 0.717) is 34.4 Å². The largest absolute Gasteiger partial charge is 0.303 e. The first-order valence-corrected chi connectivity index (χ1v) is 13.4. The van der Waals surface area contributed by atoms with Gasteiger partial charge < -0.3 is 4.79 Å². The molecule has 3 unspecified atom stereocenters. The van der Waals surface area contributed by atoms with Crippen molar-refractivity contribution in [1.82, 2.24) is 0 Å². The van der Waals surface area contributed by atoms with E-state index in [9.17, 15) is 9.59 Å². The normalized spacial score (nSPS) is 55.9. The molecule has 174 valence electrons. The van der Waals surface area contributed by atoms with Gasteiger partial charge in [-0.05, 0) is 110 Å². The zero-order valence-electron chi connectivity index (χ0n) is 21.1. The average molecular weight is 427 g/mol. The molecular formula is C29H46O2. The average Bonchev–Trinajstić information content (AvgIpc) is 2.72. The molecule has 2 heteroatoms. The van der Waals surface area contributed by atoms with E-state index in [4.69, 9.17) is 0 Å². The van der Waals surface area contributed by atoms with Crippen LogP contribution >= 0.6 is 0 Å². The van der Waals surface area contributed by atoms with Gasteiger partial charge in [-0.3, -0.25) is 4.79 Å². The van der Waals surface area contributed by atoms with Gasteiger partial charge in [-0.15, -0.1) is 0 Å². The zero-order chi connectivity index (χ0) is 22.4. The van der Waals surface area contributed by atoms with Gasteiger partial charge in [0.25, 0.3) is 0 Å². The molecule has 0 aromatic heterocycles. The van der Waals surface area contributed by atoms with Gasteiger partial charge in [0, 0.05) is 17.3 Å². The minimum Gasteiger partial charge on any atom is -0.303 e. The van der Waals surface area contributed by atoms with Crippen LogP contribution in [-0.2, 0) is 9.59 Å². The molecule has 5 fully saturated rings. The molecule has 0 saturated heterocycles. The maximum Gasteiger partial charge on any atom is 0.138 e. The van der Waals surface area contributed by atoms with E-state index in [2.05, 4.69) is 41.5 Å². The number of carbonyl (C=O) groups excluding carboxylic acids is 2. The van der Waals surface area contributed by atoms with Gasteiger partial charge in [0.1, 0.15) is 12.1 Å². The monoisotopic (exact) mass is 426 g/mol. The van der Waals surface area contributed by atoms with Crippen LogP contribution in [0.15, 0.2) is 0 Å². The van der Waals surface area contributed by atoms with Gasteiger partial charge in [0.2, 0.25) is 0 Å². The van der Waals surface area contributed by atoms with Crippen molar-refractivity contribution in [2.45, 2.75) is 112 Å². The van der Waals surface area contributed by atoms with Crippen molar-refractivity contribution in [1.29, 1.82) is 0 Å². The molecule has 9 atom stereocenters. The minimum atomic E-state index is -0.163. The zero-order valence-corrected chi connectivity index (χ0v) is 21.1. The van der Waals surface area contributed by atoms with Crippen LogP contribution in [0, 0.1) is 56.7 Å². The fourth-order valence-electron chi connectivity index (χ4n) is 10.9. The van der Waals surface area contributed by atoms with Crippen molar-refractivity contribution in [3.05, 3.63) is 0 Å². The first kappa shape index (κ1) is 22.1. The number of aldehydes is 1. The molecule has 2 nitrogen and oxygen atoms in total. The van der Waals surface area contributed by atoms with E-state index in [1.54, 1.807) is 0 Å². The lowest BCUT2D eigenvalue weighted by atomic mass is 9.32. The second kappa shape index (κ2) is 6.69. The molecule has 5 saturated carbocycles. The first-order valence-electron chi connectivity index (χ1n) is 13.4. The van der Waals surface area contributed by atoms with Gasteiger partial charge in [0.05, 0.1) is 0 Å². The molecule has 0 amide bonds. The third kappa shape index (κ3) is 2.63. The Kier molecular flexibility index (Phi) is 4.78. The number of fused-ring (bicyclic) bond motifs is 7. The fourth-order valence-corrected chi connectivity index (χ4v) is 10.9. The minimum absolute atomic E-state index is 0.0275. The van der Waals surface area contributed by atoms with Crippen molar-refractivity contribution in [2.24, 2.45) is 56.7 Å². The molecule has 31 heavy (non-hydrogen) atoms. The molecule has 0 aromatic rings. The van der Waals surface area contributed by atoms with E-state index >= 15 is 0 Å². The number of hydrogen-bond acceptors (Lipinski definition) is 2. The van der Waals surface area contributed by atoms with Crippen molar-refractivity contribution >= 4 is 12.1 Å². The fraction of sp³-hybridized carbons (Fsp3) is 0.931. The van der Waals surface area contributed by atoms with Gasteiger partial charge in [0.15, 0.2) is 0 Å². The molecular weight excluding hydrogens is 380 g/mol. The summed E-state index contributed by atoms with van der Waals surface area (Å²) >= 11 is 0. The summed E-state index contributed by atoms with van der Waals surface area (Å²) in [6.45, 7) is 14.8. The molecule has 0 radical (unpaired) electrons. The van der Waals surface area contributed by atoms with Gasteiger partial charge >= 0.3 is 0 Å². The third-order valence-electron chi connectivity index (χ3n) is 13.0. The van der Waals surface area contributed by atoms with Crippen LogP contribution in [-0.4, -0.2) is 12.1 Å². The van der Waals surface area contributed by atoms with E-state index < -0.39 is 0 Å². The van der Waals surface area contributed by atoms with E-state index in [-0.39, 0.29) is 16.2 Å². The van der Waals surface area contributed by atoms with Gasteiger partial charge in [-0.25, -0.2) is 0 Å². The summed E-state index contributed by atoms with van der Waals surface area (Å²) in [6.07, 6.45) is 14.4. The maximum absolute atomic E-state index is 12.9. The highest BCUT2D eigenvalue weighted by molar-refractivity contribution is 5.85. The van der Waals surface area contributed by atoms with Crippen molar-refractivity contribution in [3.8, 4) is 0 Å². The Hall–Kier alpha value is -0.660. The lowest BCUT2D eigenvalue weighted by Crippen LogP contribution is -2.66. The standard InChI is InChI=1S/C29H46O2/c1-19-9-14-29(18-30)16-15-27(5)20(21(29)17-19)7-8-23-26(4)12-11-24(31)25(2,3)22(26)10-13-28(23,27)6/h18-23H,7-17H2,1-6H3/t19-,20?,21-,22?,23?,26-,27-,28+,29+/m0/s1. The molecule has 5 rings (SSSR count). The Bertz CT molecular complexity index is 784. The van der Waals surface area contributed by atoms with Crippen molar-refractivity contribution in [2.75, 3.05) is 0 Å². The lowest BCUT2D eigenvalue weighted by Gasteiger charge is -2.72. The van der Waals surface area contributed by atoms with Crippen LogP contribution in [0.1, 0.15) is 112 Å². The topological polar surface area (TPSA) is 34.1 Å². The van der Waals surface area contributed by atoms with Crippen LogP contribution in [0.4, 0.5) is 0 Å². The quantitative estimate of drug-likeness (QED) is 0.414. The molecule has 0 spiro atoms. The summed E-state index contributed by atoms with van der Waals surface area (Å²) in [4.78, 5) is 25.3. The van der Waals surface area contributed by atoms with Crippen LogP contribution in [0.2, 0.25) is 0 Å². The molecule has 0 bridgehead atoms. The molecule has 0 aromatic carbocycles. The second-order valence-electron chi connectivity index (χ2n) is 14.2. The summed E-state index contributed by atoms with van der Waals surface area (Å²) in [6, 6.07) is 0. The Morgan fingerprint density at radius 1 is 0.774 bits per heavy atom. The van der Waals surface area contributed by atoms with Crippen LogP contribution < -0.4 is 0 Å². The van der Waals surface area contributed by atoms with E-state index in [1.165, 1.54) is 51.2 Å². The van der Waals surface area contributed by atoms with Gasteiger partial charge in [-0.2, -0.15) is 0 Å². The first-order chi connectivity index (χ1) is 14.4. The number of rotatable bonds is 1. The SMILES string of the molecule is C[C@H]1CC[C@]2(C=O)CC[C@@]3(C)C(CCC4[C@@]5(C)CCC(=O)C(C)(C)C5CC[C@]43C)[C@@H]2C1. The summed E-state index contributed by atoms with van der Waals surface area (Å²) in [7, 11) is 0. The summed E-state index contributed by atoms with van der Waals surface area (Å²) < 4.78 is 0. The Balaban J connectivity index is 1.54. The summed E-state index contributed by atoms with van der Waals surface area (Å²) in [5.41, 5.74) is 0.777. The number of hydrogen-bond donors (Lipinski definition) is 0. The van der Waals surface area contributed by atoms with Gasteiger partial charge in [-0.1, -0.05) is 41.5 Å². The maximum atomic E-state index is 12.9. The van der Waals surface area contributed by atoms with Crippen LogP contribution in [0.3, 0.4) is 0 Å². The molecule has 0 aliphatic heterocycles. The highest BCUT2D eigenvalue weighted by Crippen LogP contribution is 2.76. The predicted octanol–water partition coefficient (Wildman–Crippen LogP) is 7.25. The molecule has 5 aliphatic carbocycles. The summed E-state index contributed by atoms with van der Waals surface area (Å²) in [5.74, 6) is 3.82. The highest BCUT2D eigenvalue weighted by Gasteiger charge is 2.69. The smallest absolute Gasteiger partial charge is 0.138 e. The Morgan fingerprint density at radius 2 is 1.52 bits per heavy atom. The van der Waals surface area contributed by atoms with Crippen LogP contribution in [0.5, 0.6) is 0 Å². The summed E-state index contributed by atoms with van der Waals surface area (Å²) in [5, 5.41) is 0. The number of carbonyl (C=O) groups is 2. The van der Waals surface area contributed by atoms with Crippen molar-refractivity contribution < 1.29 is 9.59 Å². The lowest BCUT2D eigenvalue weighted by molar-refractivity contribution is -0.236. The van der Waals surface area contributed by atoms with E-state index in [0.717, 1.165) is 37.5 Å². The van der Waals surface area contributed by atoms with Crippen LogP contribution in [0.25, 0.3) is 0 Å². The Morgan fingerprint density at radius 3 is 2.23 bits per heavy atom. The Labute approximate surface area is 190 Å². The number of Topliss-reactive ketones (excluding diaryl/α,β-unsaturated/α-hetero) is 1. The molecule has 0 heterocycles. The second-order valence-corrected chi connectivity index (χ2v) is 14.2. The molecule has 0 N–H and O–H groups in total.